The summed E-state index contributed by atoms with van der Waals surface area (Å²) in [4.78, 5) is 36.1. The first-order valence-corrected chi connectivity index (χ1v) is 16.3. The number of anilines is 1. The molecule has 3 aromatic rings. The molecule has 1 fully saturated rings. The van der Waals surface area contributed by atoms with E-state index in [0.717, 1.165) is 16.7 Å². The van der Waals surface area contributed by atoms with Crippen LogP contribution in [0.3, 0.4) is 0 Å². The fourth-order valence-electron chi connectivity index (χ4n) is 5.47. The molecule has 0 spiro atoms. The second-order valence-electron chi connectivity index (χ2n) is 12.4. The predicted octanol–water partition coefficient (Wildman–Crippen LogP) is 3.74. The van der Waals surface area contributed by atoms with Crippen molar-refractivity contribution in [2.45, 2.75) is 70.1 Å². The zero-order valence-corrected chi connectivity index (χ0v) is 27.1. The van der Waals surface area contributed by atoms with Crippen molar-refractivity contribution in [3.8, 4) is 17.1 Å². The number of nitrogens with zero attached hydrogens (tertiary/aromatic N) is 5. The van der Waals surface area contributed by atoms with E-state index in [2.05, 4.69) is 25.1 Å². The highest BCUT2D eigenvalue weighted by atomic mass is 32.2. The second-order valence-corrected chi connectivity index (χ2v) is 14.1. The number of hydrogen-bond donors (Lipinski definition) is 2. The Morgan fingerprint density at radius 1 is 1.09 bits per heavy atom. The minimum absolute atomic E-state index is 0.0250. The van der Waals surface area contributed by atoms with Gasteiger partial charge in [-0.25, -0.2) is 22.9 Å². The molecule has 13 nitrogen and oxygen atoms in total. The lowest BCUT2D eigenvalue weighted by Gasteiger charge is -2.23. The number of hydrogen-bond acceptors (Lipinski definition) is 9. The van der Waals surface area contributed by atoms with Gasteiger partial charge in [-0.1, -0.05) is 30.4 Å². The van der Waals surface area contributed by atoms with Crippen molar-refractivity contribution in [1.29, 1.82) is 0 Å². The Kier molecular flexibility index (Phi) is 8.88. The van der Waals surface area contributed by atoms with Crippen molar-refractivity contribution in [3.05, 3.63) is 59.9 Å². The lowest BCUT2D eigenvalue weighted by atomic mass is 10.00. The van der Waals surface area contributed by atoms with Crippen LogP contribution in [0.15, 0.2) is 53.7 Å². The smallest absolute Gasteiger partial charge is 0.408 e. The van der Waals surface area contributed by atoms with Gasteiger partial charge in [0.15, 0.2) is 0 Å². The number of aryl methyl sites for hydroxylation is 3. The molecule has 0 bridgehead atoms. The van der Waals surface area contributed by atoms with Gasteiger partial charge in [0.25, 0.3) is 10.0 Å². The Balaban J connectivity index is 1.29. The Labute approximate surface area is 263 Å². The number of carbonyl (C=O) groups is 2. The van der Waals surface area contributed by atoms with E-state index in [1.54, 1.807) is 38.8 Å². The fourth-order valence-corrected chi connectivity index (χ4v) is 6.40. The van der Waals surface area contributed by atoms with E-state index < -0.39 is 21.7 Å². The van der Waals surface area contributed by atoms with Gasteiger partial charge < -0.3 is 19.7 Å². The van der Waals surface area contributed by atoms with Gasteiger partial charge in [0.05, 0.1) is 30.4 Å². The van der Waals surface area contributed by atoms with Crippen molar-refractivity contribution >= 4 is 28.0 Å². The van der Waals surface area contributed by atoms with E-state index in [4.69, 9.17) is 9.47 Å². The van der Waals surface area contributed by atoms with Crippen LogP contribution in [-0.2, 0) is 26.6 Å². The molecule has 2 aliphatic rings. The number of ether oxygens (including phenoxy) is 2. The number of alkyl carbamates (subject to hydrolysis) is 1. The fraction of sp³-hybridized carbons (Fsp3) is 0.452. The van der Waals surface area contributed by atoms with E-state index in [1.807, 2.05) is 44.2 Å². The summed E-state index contributed by atoms with van der Waals surface area (Å²) in [5.74, 6) is -0.366. The van der Waals surface area contributed by atoms with Gasteiger partial charge >= 0.3 is 6.09 Å². The molecule has 1 aromatic carbocycles. The molecule has 0 radical (unpaired) electrons. The minimum Gasteiger partial charge on any atom is -0.472 e. The predicted molar refractivity (Wildman–Crippen MR) is 167 cm³/mol. The van der Waals surface area contributed by atoms with E-state index in [1.165, 1.54) is 17.1 Å². The van der Waals surface area contributed by atoms with E-state index in [-0.39, 0.29) is 40.7 Å². The maximum absolute atomic E-state index is 13.3. The summed E-state index contributed by atoms with van der Waals surface area (Å²) in [6.45, 7) is 10.1. The average Bonchev–Trinajstić information content (AvgIpc) is 3.69. The number of benzene rings is 1. The first-order valence-electron chi connectivity index (χ1n) is 14.8. The van der Waals surface area contributed by atoms with E-state index in [9.17, 15) is 18.0 Å². The van der Waals surface area contributed by atoms with E-state index >= 15 is 0 Å². The third kappa shape index (κ3) is 7.80. The van der Waals surface area contributed by atoms with Crippen LogP contribution in [-0.4, -0.2) is 75.9 Å². The third-order valence-electron chi connectivity index (χ3n) is 7.50. The number of rotatable bonds is 8. The molecular formula is C31H39N7O6S. The molecular weight excluding hydrogens is 598 g/mol. The van der Waals surface area contributed by atoms with Gasteiger partial charge in [-0.3, -0.25) is 9.48 Å². The van der Waals surface area contributed by atoms with Crippen LogP contribution in [0, 0.1) is 19.8 Å². The Morgan fingerprint density at radius 3 is 2.49 bits per heavy atom. The number of sulfonamides is 1. The molecule has 2 N–H and O–H groups in total. The van der Waals surface area contributed by atoms with Crippen LogP contribution in [0.25, 0.3) is 11.3 Å². The molecule has 3 atom stereocenters. The van der Waals surface area contributed by atoms with Gasteiger partial charge in [-0.2, -0.15) is 10.1 Å². The highest BCUT2D eigenvalue weighted by molar-refractivity contribution is 7.92. The summed E-state index contributed by atoms with van der Waals surface area (Å²) in [6, 6.07) is 7.25. The highest BCUT2D eigenvalue weighted by Crippen LogP contribution is 2.31. The Morgan fingerprint density at radius 2 is 1.82 bits per heavy atom. The summed E-state index contributed by atoms with van der Waals surface area (Å²) in [7, 11) is -2.39. The molecule has 1 aliphatic carbocycles. The Hall–Kier alpha value is -4.46. The highest BCUT2D eigenvalue weighted by Gasteiger charge is 2.35. The van der Waals surface area contributed by atoms with Crippen LogP contribution in [0.1, 0.15) is 44.7 Å². The molecule has 1 saturated heterocycles. The summed E-state index contributed by atoms with van der Waals surface area (Å²) in [5, 5.41) is 6.75. The second kappa shape index (κ2) is 12.5. The maximum Gasteiger partial charge on any atom is 0.408 e. The number of aromatic nitrogens is 4. The van der Waals surface area contributed by atoms with Crippen LogP contribution < -0.4 is 14.8 Å². The van der Waals surface area contributed by atoms with Crippen molar-refractivity contribution in [3.63, 3.8) is 0 Å². The number of amides is 2. The van der Waals surface area contributed by atoms with Crippen molar-refractivity contribution < 1.29 is 27.5 Å². The summed E-state index contributed by atoms with van der Waals surface area (Å²) < 4.78 is 41.6. The van der Waals surface area contributed by atoms with Crippen molar-refractivity contribution in [2.24, 2.45) is 13.0 Å². The van der Waals surface area contributed by atoms with Crippen LogP contribution in [0.5, 0.6) is 5.88 Å². The monoisotopic (exact) mass is 637 g/mol. The molecule has 5 rings (SSSR count). The molecule has 14 heteroatoms. The lowest BCUT2D eigenvalue weighted by Crippen LogP contribution is -2.39. The third-order valence-corrected chi connectivity index (χ3v) is 8.79. The molecule has 3 heterocycles. The molecule has 2 amide bonds. The van der Waals surface area contributed by atoms with Gasteiger partial charge in [-0.05, 0) is 52.2 Å². The molecule has 2 aromatic heterocycles. The number of likely N-dealkylation sites (tertiary alicyclic amines) is 1. The molecule has 1 aliphatic heterocycles. The number of carbonyl (C=O) groups excluding carboxylic acids is 2. The quantitative estimate of drug-likeness (QED) is 0.351. The normalized spacial score (nSPS) is 19.9. The molecule has 0 saturated carbocycles. The van der Waals surface area contributed by atoms with Gasteiger partial charge in [0, 0.05) is 37.8 Å². The standard InChI is InChI=1S/C31H39N7O6S/c1-19-8-7-9-20(2)27(19)25-15-26(35-29(34-25)36-45(41,42)24-16-32-37(6)18-24)43-23-12-13-38(17-23)28(39)21-10-11-22(14-21)33-30(40)44-31(3,4)5/h7-11,15-16,18,21-23H,12-14,17H2,1-6H3,(H,33,40)(H,34,35,36)/t21-,22+,23?/m1/s1. The first-order chi connectivity index (χ1) is 21.2. The van der Waals surface area contributed by atoms with Gasteiger partial charge in [0.2, 0.25) is 17.7 Å². The summed E-state index contributed by atoms with van der Waals surface area (Å²) in [6.07, 6.45) is 6.40. The molecule has 240 valence electrons. The zero-order valence-electron chi connectivity index (χ0n) is 26.3. The van der Waals surface area contributed by atoms with E-state index in [0.29, 0.717) is 31.6 Å². The molecule has 45 heavy (non-hydrogen) atoms. The van der Waals surface area contributed by atoms with Crippen LogP contribution in [0.4, 0.5) is 10.7 Å². The maximum atomic E-state index is 13.3. The van der Waals surface area contributed by atoms with Crippen LogP contribution >= 0.6 is 0 Å². The first kappa shape index (κ1) is 31.9. The molecule has 1 unspecified atom stereocenters. The topological polar surface area (TPSA) is 158 Å². The van der Waals surface area contributed by atoms with Gasteiger partial charge in [-0.15, -0.1) is 0 Å². The average molecular weight is 638 g/mol. The SMILES string of the molecule is Cc1cccc(C)c1-c1cc(OC2CCN(C(=O)[C@@H]3C=C[C@H](NC(=O)OC(C)(C)C)C3)C2)nc(NS(=O)(=O)c2cnn(C)c2)n1. The summed E-state index contributed by atoms with van der Waals surface area (Å²) >= 11 is 0. The van der Waals surface area contributed by atoms with Crippen molar-refractivity contribution in [1.82, 2.24) is 30.0 Å². The van der Waals surface area contributed by atoms with Crippen LogP contribution in [0.2, 0.25) is 0 Å². The Bertz CT molecular complexity index is 1710. The van der Waals surface area contributed by atoms with Gasteiger partial charge in [0.1, 0.15) is 16.6 Å². The zero-order chi connectivity index (χ0) is 32.5. The number of nitrogens with one attached hydrogen (secondary N) is 2. The lowest BCUT2D eigenvalue weighted by molar-refractivity contribution is -0.133. The largest absolute Gasteiger partial charge is 0.472 e. The summed E-state index contributed by atoms with van der Waals surface area (Å²) in [5.41, 5.74) is 2.66. The van der Waals surface area contributed by atoms with Crippen molar-refractivity contribution in [2.75, 3.05) is 17.8 Å². The minimum atomic E-state index is -4.01.